The number of allylic oxidation sites excluding steroid dienone is 2. The van der Waals surface area contributed by atoms with Gasteiger partial charge in [-0.2, -0.15) is 4.39 Å². The van der Waals surface area contributed by atoms with Crippen LogP contribution in [0.15, 0.2) is 32.9 Å². The summed E-state index contributed by atoms with van der Waals surface area (Å²) in [6.45, 7) is 2.62. The van der Waals surface area contributed by atoms with Gasteiger partial charge in [0.15, 0.2) is 5.76 Å². The predicted octanol–water partition coefficient (Wildman–Crippen LogP) is 4.27. The van der Waals surface area contributed by atoms with Gasteiger partial charge >= 0.3 is 0 Å². The molecule has 6 heteroatoms. The first-order valence-electron chi connectivity index (χ1n) is 7.21. The van der Waals surface area contributed by atoms with E-state index in [1.54, 1.807) is 11.2 Å². The molecular formula is C16H14FN3OS. The van der Waals surface area contributed by atoms with E-state index in [2.05, 4.69) is 35.2 Å². The maximum atomic E-state index is 13.3. The SMILES string of the molecule is CCc1c(C2=CN3CC(=N2)SC(F)=N3)oc2c1C=CCC=C2. The molecule has 0 radical (unpaired) electrons. The topological polar surface area (TPSA) is 41.1 Å². The van der Waals surface area contributed by atoms with E-state index in [1.165, 1.54) is 0 Å². The smallest absolute Gasteiger partial charge is 0.270 e. The molecule has 0 fully saturated rings. The van der Waals surface area contributed by atoms with Crippen LogP contribution in [0.4, 0.5) is 4.39 Å². The second-order valence-electron chi connectivity index (χ2n) is 5.15. The monoisotopic (exact) mass is 315 g/mol. The largest absolute Gasteiger partial charge is 0.454 e. The zero-order valence-electron chi connectivity index (χ0n) is 12.0. The molecule has 0 spiro atoms. The van der Waals surface area contributed by atoms with Crippen LogP contribution in [0.2, 0.25) is 0 Å². The molecule has 0 unspecified atom stereocenters. The Bertz CT molecular complexity index is 786. The van der Waals surface area contributed by atoms with Gasteiger partial charge in [0.2, 0.25) is 0 Å². The fourth-order valence-corrected chi connectivity index (χ4v) is 3.45. The molecule has 22 heavy (non-hydrogen) atoms. The van der Waals surface area contributed by atoms with Crippen molar-refractivity contribution >= 4 is 40.0 Å². The van der Waals surface area contributed by atoms with Crippen molar-refractivity contribution in [3.63, 3.8) is 0 Å². The van der Waals surface area contributed by atoms with Crippen molar-refractivity contribution in [1.29, 1.82) is 0 Å². The highest BCUT2D eigenvalue weighted by atomic mass is 32.2. The zero-order chi connectivity index (χ0) is 15.1. The molecule has 4 rings (SSSR count). The van der Waals surface area contributed by atoms with E-state index < -0.39 is 5.30 Å². The predicted molar refractivity (Wildman–Crippen MR) is 89.0 cm³/mol. The van der Waals surface area contributed by atoms with Gasteiger partial charge in [0, 0.05) is 11.1 Å². The summed E-state index contributed by atoms with van der Waals surface area (Å²) < 4.78 is 19.4. The minimum atomic E-state index is -0.475. The Morgan fingerprint density at radius 1 is 1.36 bits per heavy atom. The third-order valence-electron chi connectivity index (χ3n) is 3.71. The van der Waals surface area contributed by atoms with E-state index in [-0.39, 0.29) is 0 Å². The fourth-order valence-electron chi connectivity index (χ4n) is 2.77. The summed E-state index contributed by atoms with van der Waals surface area (Å²) >= 11 is 0.973. The van der Waals surface area contributed by atoms with Crippen molar-refractivity contribution in [3.05, 3.63) is 41.0 Å². The second kappa shape index (κ2) is 5.28. The normalized spacial score (nSPS) is 19.4. The van der Waals surface area contributed by atoms with Crippen molar-refractivity contribution in [3.8, 4) is 0 Å². The Balaban J connectivity index is 1.83. The highest BCUT2D eigenvalue weighted by Gasteiger charge is 2.26. The molecular weight excluding hydrogens is 301 g/mol. The first-order valence-corrected chi connectivity index (χ1v) is 8.03. The summed E-state index contributed by atoms with van der Waals surface area (Å²) in [5.74, 6) is 1.61. The molecule has 0 aromatic carbocycles. The van der Waals surface area contributed by atoms with Gasteiger partial charge in [-0.15, -0.1) is 5.10 Å². The van der Waals surface area contributed by atoms with E-state index in [9.17, 15) is 4.39 Å². The first kappa shape index (κ1) is 13.6. The van der Waals surface area contributed by atoms with Gasteiger partial charge in [0.1, 0.15) is 16.5 Å². The van der Waals surface area contributed by atoms with E-state index in [1.807, 2.05) is 6.08 Å². The minimum absolute atomic E-state index is 0.475. The summed E-state index contributed by atoms with van der Waals surface area (Å²) in [7, 11) is 0. The average molecular weight is 315 g/mol. The molecule has 1 aromatic heterocycles. The molecule has 0 amide bonds. The maximum absolute atomic E-state index is 13.3. The third kappa shape index (κ3) is 2.23. The van der Waals surface area contributed by atoms with Gasteiger partial charge in [-0.05, 0) is 30.7 Å². The number of halogens is 1. The number of furan rings is 1. The molecule has 0 saturated carbocycles. The van der Waals surface area contributed by atoms with E-state index >= 15 is 0 Å². The summed E-state index contributed by atoms with van der Waals surface area (Å²) in [6, 6.07) is 0. The average Bonchev–Trinajstić information content (AvgIpc) is 2.67. The molecule has 2 bridgehead atoms. The van der Waals surface area contributed by atoms with Crippen molar-refractivity contribution in [2.24, 2.45) is 10.1 Å². The van der Waals surface area contributed by atoms with Crippen LogP contribution in [0.1, 0.15) is 36.0 Å². The van der Waals surface area contributed by atoms with E-state index in [0.717, 1.165) is 47.3 Å². The minimum Gasteiger partial charge on any atom is -0.454 e. The number of rotatable bonds is 2. The van der Waals surface area contributed by atoms with Crippen LogP contribution in [-0.2, 0) is 6.42 Å². The Hall–Kier alpha value is -2.08. The molecule has 0 saturated heterocycles. The van der Waals surface area contributed by atoms with Crippen LogP contribution < -0.4 is 0 Å². The van der Waals surface area contributed by atoms with E-state index in [4.69, 9.17) is 4.42 Å². The molecule has 1 aromatic rings. The van der Waals surface area contributed by atoms with Crippen LogP contribution in [-0.4, -0.2) is 21.9 Å². The molecule has 0 N–H and O–H groups in total. The van der Waals surface area contributed by atoms with Gasteiger partial charge in [-0.3, -0.25) is 5.01 Å². The van der Waals surface area contributed by atoms with Gasteiger partial charge in [0.25, 0.3) is 5.30 Å². The molecule has 2 aliphatic heterocycles. The van der Waals surface area contributed by atoms with Gasteiger partial charge in [-0.25, -0.2) is 4.99 Å². The summed E-state index contributed by atoms with van der Waals surface area (Å²) in [5, 5.41) is 5.65. The Labute approximate surface area is 131 Å². The zero-order valence-corrected chi connectivity index (χ0v) is 12.9. The summed E-state index contributed by atoms with van der Waals surface area (Å²) in [4.78, 5) is 4.53. The molecule has 112 valence electrons. The standard InChI is InChI=1S/C16H14FN3OS/c1-2-10-11-6-4-3-5-7-13(11)21-15(10)12-8-20-9-14(18-12)22-16(17)19-20/h4-8H,2-3,9H2,1H3. The van der Waals surface area contributed by atoms with Crippen LogP contribution in [0.3, 0.4) is 0 Å². The van der Waals surface area contributed by atoms with Gasteiger partial charge in [0.05, 0.1) is 12.7 Å². The number of hydrazone groups is 1. The number of thioether (sulfide) groups is 1. The number of hydrogen-bond acceptors (Lipinski definition) is 5. The van der Waals surface area contributed by atoms with Crippen LogP contribution in [0.5, 0.6) is 0 Å². The van der Waals surface area contributed by atoms with Crippen molar-refractivity contribution in [2.75, 3.05) is 6.54 Å². The lowest BCUT2D eigenvalue weighted by Gasteiger charge is -2.24. The van der Waals surface area contributed by atoms with Gasteiger partial charge < -0.3 is 4.42 Å². The van der Waals surface area contributed by atoms with Crippen molar-refractivity contribution < 1.29 is 8.81 Å². The van der Waals surface area contributed by atoms with E-state index in [0.29, 0.717) is 17.3 Å². The van der Waals surface area contributed by atoms with Crippen LogP contribution in [0.25, 0.3) is 17.8 Å². The third-order valence-corrected chi connectivity index (χ3v) is 4.42. The lowest BCUT2D eigenvalue weighted by atomic mass is 10.0. The summed E-state index contributed by atoms with van der Waals surface area (Å²) in [6.07, 6.45) is 11.8. The highest BCUT2D eigenvalue weighted by molar-refractivity contribution is 8.26. The van der Waals surface area contributed by atoms with Gasteiger partial charge in [-0.1, -0.05) is 25.2 Å². The Kier molecular flexibility index (Phi) is 3.26. The Morgan fingerprint density at radius 3 is 3.05 bits per heavy atom. The number of aliphatic imine (C=N–C) groups is 1. The first-order chi connectivity index (χ1) is 10.7. The van der Waals surface area contributed by atoms with Crippen LogP contribution >= 0.6 is 11.8 Å². The quantitative estimate of drug-likeness (QED) is 0.818. The van der Waals surface area contributed by atoms with Crippen LogP contribution in [0, 0.1) is 0 Å². The number of hydrogen-bond donors (Lipinski definition) is 0. The van der Waals surface area contributed by atoms with Crippen molar-refractivity contribution in [2.45, 2.75) is 19.8 Å². The fraction of sp³-hybridized carbons (Fsp3) is 0.250. The lowest BCUT2D eigenvalue weighted by Crippen LogP contribution is -2.27. The lowest BCUT2D eigenvalue weighted by molar-refractivity contribution is 0.443. The summed E-state index contributed by atoms with van der Waals surface area (Å²) in [5.41, 5.74) is 2.95. The Morgan fingerprint density at radius 2 is 2.23 bits per heavy atom. The number of nitrogens with zero attached hydrogens (tertiary/aromatic N) is 3. The second-order valence-corrected chi connectivity index (χ2v) is 6.17. The number of fused-ring (bicyclic) bond motifs is 3. The maximum Gasteiger partial charge on any atom is 0.270 e. The molecule has 4 nitrogen and oxygen atoms in total. The molecule has 3 heterocycles. The van der Waals surface area contributed by atoms with Crippen molar-refractivity contribution in [1.82, 2.24) is 5.01 Å². The molecule has 1 aliphatic carbocycles. The molecule has 0 atom stereocenters. The molecule has 3 aliphatic rings. The highest BCUT2D eigenvalue weighted by Crippen LogP contribution is 2.36.